The molecule has 1 atom stereocenters. The fraction of sp³-hybridized carbons (Fsp3) is 0.867. The Bertz CT molecular complexity index is 251. The Kier molecular flexibility index (Phi) is 11.3. The van der Waals surface area contributed by atoms with Crippen molar-refractivity contribution in [1.82, 2.24) is 0 Å². The largest absolute Gasteiger partial charge is 0.469 e. The van der Waals surface area contributed by atoms with Gasteiger partial charge in [-0.05, 0) is 12.8 Å². The number of esters is 2. The zero-order valence-electron chi connectivity index (χ0n) is 12.6. The molecule has 0 spiro atoms. The van der Waals surface area contributed by atoms with Crippen LogP contribution in [-0.2, 0) is 19.1 Å². The minimum atomic E-state index is -0.347. The van der Waals surface area contributed by atoms with E-state index in [-0.39, 0.29) is 24.5 Å². The molecule has 0 rings (SSSR count). The minimum absolute atomic E-state index is 0.148. The highest BCUT2D eigenvalue weighted by atomic mass is 16.6. The van der Waals surface area contributed by atoms with Gasteiger partial charge in [0.25, 0.3) is 0 Å². The first-order valence-corrected chi connectivity index (χ1v) is 7.40. The Morgan fingerprint density at radius 3 is 2.16 bits per heavy atom. The number of unbranched alkanes of at least 4 members (excludes halogenated alkanes) is 5. The van der Waals surface area contributed by atoms with E-state index in [1.54, 1.807) is 0 Å². The van der Waals surface area contributed by atoms with Gasteiger partial charge in [-0.1, -0.05) is 46.0 Å². The van der Waals surface area contributed by atoms with Crippen LogP contribution in [0.3, 0.4) is 0 Å². The number of carbonyl (C=O) groups excluding carboxylic acids is 2. The van der Waals surface area contributed by atoms with Crippen LogP contribution in [0.5, 0.6) is 0 Å². The van der Waals surface area contributed by atoms with E-state index in [9.17, 15) is 9.59 Å². The first kappa shape index (κ1) is 17.9. The molecule has 4 nitrogen and oxygen atoms in total. The summed E-state index contributed by atoms with van der Waals surface area (Å²) in [6.07, 6.45) is 7.75. The summed E-state index contributed by atoms with van der Waals surface area (Å²) in [5, 5.41) is 0. The predicted octanol–water partition coefficient (Wildman–Crippen LogP) is 3.62. The summed E-state index contributed by atoms with van der Waals surface area (Å²) >= 11 is 0. The average molecular weight is 272 g/mol. The number of carbonyl (C=O) groups is 2. The van der Waals surface area contributed by atoms with Crippen LogP contribution in [0, 0.1) is 0 Å². The molecule has 0 aromatic rings. The molecule has 0 saturated heterocycles. The number of rotatable bonds is 11. The molecule has 0 saturated carbocycles. The third-order valence-electron chi connectivity index (χ3n) is 3.11. The lowest BCUT2D eigenvalue weighted by molar-refractivity contribution is -0.154. The lowest BCUT2D eigenvalue weighted by Crippen LogP contribution is -2.21. The summed E-state index contributed by atoms with van der Waals surface area (Å²) < 4.78 is 9.83. The average Bonchev–Trinajstić information content (AvgIpc) is 2.41. The minimum Gasteiger partial charge on any atom is -0.469 e. The van der Waals surface area contributed by atoms with Crippen molar-refractivity contribution in [2.75, 3.05) is 7.11 Å². The lowest BCUT2D eigenvalue weighted by atomic mass is 10.1. The molecule has 0 fully saturated rings. The van der Waals surface area contributed by atoms with Crippen molar-refractivity contribution in [3.05, 3.63) is 0 Å². The molecular formula is C15H28O4. The lowest BCUT2D eigenvalue weighted by Gasteiger charge is -2.14. The monoisotopic (exact) mass is 272 g/mol. The standard InChI is InChI=1S/C15H28O4/c1-4-6-7-8-9-10-11-14(16)19-13(5-2)12-15(17)18-3/h13H,4-12H2,1-3H3. The molecule has 19 heavy (non-hydrogen) atoms. The summed E-state index contributed by atoms with van der Waals surface area (Å²) in [6, 6.07) is 0. The molecule has 0 aliphatic carbocycles. The summed E-state index contributed by atoms with van der Waals surface area (Å²) in [4.78, 5) is 22.7. The first-order valence-electron chi connectivity index (χ1n) is 7.40. The summed E-state index contributed by atoms with van der Waals surface area (Å²) in [5.74, 6) is -0.537. The Morgan fingerprint density at radius 2 is 1.58 bits per heavy atom. The molecule has 0 heterocycles. The quantitative estimate of drug-likeness (QED) is 0.426. The van der Waals surface area contributed by atoms with Gasteiger partial charge in [0.1, 0.15) is 6.10 Å². The second-order valence-corrected chi connectivity index (χ2v) is 4.82. The Hall–Kier alpha value is -1.06. The van der Waals surface area contributed by atoms with Crippen molar-refractivity contribution >= 4 is 11.9 Å². The highest BCUT2D eigenvalue weighted by Crippen LogP contribution is 2.10. The zero-order valence-corrected chi connectivity index (χ0v) is 12.6. The van der Waals surface area contributed by atoms with Gasteiger partial charge < -0.3 is 9.47 Å². The maximum atomic E-state index is 11.6. The Balaban J connectivity index is 3.67. The molecule has 4 heteroatoms. The Labute approximate surface area is 116 Å². The van der Waals surface area contributed by atoms with Gasteiger partial charge >= 0.3 is 11.9 Å². The van der Waals surface area contributed by atoms with Gasteiger partial charge in [0.05, 0.1) is 13.5 Å². The van der Waals surface area contributed by atoms with Gasteiger partial charge in [-0.3, -0.25) is 9.59 Å². The van der Waals surface area contributed by atoms with Crippen molar-refractivity contribution < 1.29 is 19.1 Å². The van der Waals surface area contributed by atoms with Gasteiger partial charge in [0.15, 0.2) is 0 Å². The molecule has 0 aromatic carbocycles. The number of hydrogen-bond acceptors (Lipinski definition) is 4. The van der Waals surface area contributed by atoms with Crippen molar-refractivity contribution in [3.63, 3.8) is 0 Å². The molecule has 1 unspecified atom stereocenters. The molecule has 0 aliphatic rings. The normalized spacial score (nSPS) is 11.9. The van der Waals surface area contributed by atoms with Crippen molar-refractivity contribution in [1.29, 1.82) is 0 Å². The topological polar surface area (TPSA) is 52.6 Å². The van der Waals surface area contributed by atoms with Gasteiger partial charge in [0.2, 0.25) is 0 Å². The highest BCUT2D eigenvalue weighted by molar-refractivity contribution is 5.72. The fourth-order valence-electron chi connectivity index (χ4n) is 1.83. The first-order chi connectivity index (χ1) is 9.13. The van der Waals surface area contributed by atoms with Crippen molar-refractivity contribution in [3.8, 4) is 0 Å². The number of hydrogen-bond donors (Lipinski definition) is 0. The van der Waals surface area contributed by atoms with Crippen molar-refractivity contribution in [2.45, 2.75) is 77.7 Å². The van der Waals surface area contributed by atoms with Gasteiger partial charge in [-0.25, -0.2) is 0 Å². The third-order valence-corrected chi connectivity index (χ3v) is 3.11. The second kappa shape index (κ2) is 12.0. The van der Waals surface area contributed by atoms with Crippen LogP contribution >= 0.6 is 0 Å². The van der Waals surface area contributed by atoms with Gasteiger partial charge in [-0.15, -0.1) is 0 Å². The van der Waals surface area contributed by atoms with Crippen LogP contribution in [-0.4, -0.2) is 25.2 Å². The molecule has 0 N–H and O–H groups in total. The van der Waals surface area contributed by atoms with Crippen LogP contribution in [0.2, 0.25) is 0 Å². The molecule has 0 bridgehead atoms. The van der Waals surface area contributed by atoms with Crippen LogP contribution in [0.4, 0.5) is 0 Å². The SMILES string of the molecule is CCCCCCCCC(=O)OC(CC)CC(=O)OC. The van der Waals surface area contributed by atoms with Crippen molar-refractivity contribution in [2.24, 2.45) is 0 Å². The maximum Gasteiger partial charge on any atom is 0.309 e. The maximum absolute atomic E-state index is 11.6. The van der Waals surface area contributed by atoms with E-state index in [0.29, 0.717) is 12.8 Å². The molecule has 0 aromatic heterocycles. The van der Waals surface area contributed by atoms with E-state index in [1.807, 2.05) is 6.92 Å². The van der Waals surface area contributed by atoms with E-state index >= 15 is 0 Å². The fourth-order valence-corrected chi connectivity index (χ4v) is 1.83. The summed E-state index contributed by atoms with van der Waals surface area (Å²) in [6.45, 7) is 4.08. The smallest absolute Gasteiger partial charge is 0.309 e. The van der Waals surface area contributed by atoms with Crippen LogP contribution in [0.1, 0.15) is 71.6 Å². The van der Waals surface area contributed by atoms with E-state index in [1.165, 1.54) is 32.8 Å². The van der Waals surface area contributed by atoms with E-state index in [0.717, 1.165) is 12.8 Å². The van der Waals surface area contributed by atoms with Gasteiger partial charge in [-0.2, -0.15) is 0 Å². The second-order valence-electron chi connectivity index (χ2n) is 4.82. The molecule has 0 amide bonds. The van der Waals surface area contributed by atoms with Crippen LogP contribution in [0.25, 0.3) is 0 Å². The van der Waals surface area contributed by atoms with E-state index in [2.05, 4.69) is 11.7 Å². The third kappa shape index (κ3) is 10.5. The summed E-state index contributed by atoms with van der Waals surface area (Å²) in [7, 11) is 1.34. The van der Waals surface area contributed by atoms with Crippen LogP contribution < -0.4 is 0 Å². The number of ether oxygens (including phenoxy) is 2. The molecule has 0 aliphatic heterocycles. The highest BCUT2D eigenvalue weighted by Gasteiger charge is 2.16. The number of methoxy groups -OCH3 is 1. The Morgan fingerprint density at radius 1 is 0.947 bits per heavy atom. The van der Waals surface area contributed by atoms with E-state index in [4.69, 9.17) is 4.74 Å². The predicted molar refractivity (Wildman–Crippen MR) is 74.8 cm³/mol. The molecular weight excluding hydrogens is 244 g/mol. The van der Waals surface area contributed by atoms with Crippen LogP contribution in [0.15, 0.2) is 0 Å². The zero-order chi connectivity index (χ0) is 14.5. The van der Waals surface area contributed by atoms with E-state index < -0.39 is 0 Å². The molecule has 112 valence electrons. The van der Waals surface area contributed by atoms with Gasteiger partial charge in [0, 0.05) is 6.42 Å². The molecule has 0 radical (unpaired) electrons. The summed E-state index contributed by atoms with van der Waals surface area (Å²) in [5.41, 5.74) is 0.